The second-order valence-corrected chi connectivity index (χ2v) is 4.46. The first-order chi connectivity index (χ1) is 6.10. The Kier molecular flexibility index (Phi) is 2.85. The van der Waals surface area contributed by atoms with Crippen LogP contribution in [0.1, 0.15) is 5.56 Å². The van der Waals surface area contributed by atoms with Gasteiger partial charge < -0.3 is 5.73 Å². The number of benzene rings is 1. The van der Waals surface area contributed by atoms with Crippen LogP contribution in [0.4, 0.5) is 0 Å². The molecule has 0 atom stereocenters. The van der Waals surface area contributed by atoms with Crippen molar-refractivity contribution in [2.24, 2.45) is 5.73 Å². The Balaban J connectivity index is 3.24. The van der Waals surface area contributed by atoms with Crippen molar-refractivity contribution < 1.29 is 8.42 Å². The highest BCUT2D eigenvalue weighted by Gasteiger charge is 2.08. The molecule has 0 aliphatic heterocycles. The summed E-state index contributed by atoms with van der Waals surface area (Å²) in [6, 6.07) is 6.52. The molecule has 2 N–H and O–H groups in total. The highest BCUT2D eigenvalue weighted by molar-refractivity contribution is 7.94. The largest absolute Gasteiger partial charge is 0.326 e. The summed E-state index contributed by atoms with van der Waals surface area (Å²) in [6.45, 7) is 3.58. The lowest BCUT2D eigenvalue weighted by Gasteiger charge is -2.00. The van der Waals surface area contributed by atoms with Gasteiger partial charge in [0.05, 0.1) is 4.90 Å². The monoisotopic (exact) mass is 197 g/mol. The van der Waals surface area contributed by atoms with E-state index in [9.17, 15) is 8.42 Å². The van der Waals surface area contributed by atoms with Crippen molar-refractivity contribution in [1.29, 1.82) is 0 Å². The standard InChI is InChI=1S/C9H11NO2S/c1-2-13(11,12)9-5-3-4-8(6-9)7-10/h2-6H,1,7,10H2. The average Bonchev–Trinajstić information content (AvgIpc) is 2.18. The van der Waals surface area contributed by atoms with Crippen LogP contribution < -0.4 is 5.73 Å². The first kappa shape index (κ1) is 9.95. The van der Waals surface area contributed by atoms with Crippen molar-refractivity contribution in [2.45, 2.75) is 11.4 Å². The van der Waals surface area contributed by atoms with Gasteiger partial charge in [-0.3, -0.25) is 0 Å². The third kappa shape index (κ3) is 2.17. The normalized spacial score (nSPS) is 11.2. The van der Waals surface area contributed by atoms with E-state index in [1.165, 1.54) is 6.07 Å². The Morgan fingerprint density at radius 1 is 1.46 bits per heavy atom. The Labute approximate surface area is 77.8 Å². The Hall–Kier alpha value is -1.13. The first-order valence-corrected chi connectivity index (χ1v) is 5.31. The second-order valence-electron chi connectivity index (χ2n) is 2.56. The van der Waals surface area contributed by atoms with Gasteiger partial charge in [-0.15, -0.1) is 0 Å². The molecule has 4 heteroatoms. The van der Waals surface area contributed by atoms with Gasteiger partial charge in [0.15, 0.2) is 9.84 Å². The smallest absolute Gasteiger partial charge is 0.199 e. The van der Waals surface area contributed by atoms with Crippen LogP contribution in [0.25, 0.3) is 0 Å². The first-order valence-electron chi connectivity index (χ1n) is 3.76. The van der Waals surface area contributed by atoms with Gasteiger partial charge in [0.1, 0.15) is 0 Å². The molecule has 0 fully saturated rings. The van der Waals surface area contributed by atoms with Crippen LogP contribution in [-0.2, 0) is 16.4 Å². The molecule has 3 nitrogen and oxygen atoms in total. The minimum Gasteiger partial charge on any atom is -0.326 e. The van der Waals surface area contributed by atoms with Crippen molar-refractivity contribution in [1.82, 2.24) is 0 Å². The zero-order chi connectivity index (χ0) is 9.90. The van der Waals surface area contributed by atoms with E-state index in [-0.39, 0.29) is 4.90 Å². The molecule has 1 rings (SSSR count). The lowest BCUT2D eigenvalue weighted by Crippen LogP contribution is -2.00. The summed E-state index contributed by atoms with van der Waals surface area (Å²) in [7, 11) is -3.32. The van der Waals surface area contributed by atoms with E-state index in [1.54, 1.807) is 18.2 Å². The summed E-state index contributed by atoms with van der Waals surface area (Å²) in [4.78, 5) is 0.241. The highest BCUT2D eigenvalue weighted by Crippen LogP contribution is 2.13. The number of rotatable bonds is 3. The van der Waals surface area contributed by atoms with Gasteiger partial charge in [-0.2, -0.15) is 0 Å². The molecule has 0 saturated heterocycles. The summed E-state index contributed by atoms with van der Waals surface area (Å²) in [5, 5.41) is 0.933. The summed E-state index contributed by atoms with van der Waals surface area (Å²) < 4.78 is 22.6. The number of nitrogens with two attached hydrogens (primary N) is 1. The van der Waals surface area contributed by atoms with Crippen LogP contribution in [0.3, 0.4) is 0 Å². The molecule has 0 spiro atoms. The maximum absolute atomic E-state index is 11.3. The van der Waals surface area contributed by atoms with Gasteiger partial charge in [-0.05, 0) is 17.7 Å². The summed E-state index contributed by atoms with van der Waals surface area (Å²) >= 11 is 0. The van der Waals surface area contributed by atoms with E-state index in [1.807, 2.05) is 0 Å². The summed E-state index contributed by atoms with van der Waals surface area (Å²) in [6.07, 6.45) is 0. The summed E-state index contributed by atoms with van der Waals surface area (Å²) in [5.74, 6) is 0. The molecule has 0 aliphatic carbocycles. The lowest BCUT2D eigenvalue weighted by atomic mass is 10.2. The van der Waals surface area contributed by atoms with E-state index >= 15 is 0 Å². The van der Waals surface area contributed by atoms with Gasteiger partial charge in [-0.1, -0.05) is 18.7 Å². The predicted molar refractivity (Wildman–Crippen MR) is 51.7 cm³/mol. The topological polar surface area (TPSA) is 60.2 Å². The molecule has 0 amide bonds. The molecule has 0 radical (unpaired) electrons. The molecule has 0 bridgehead atoms. The second kappa shape index (κ2) is 3.72. The van der Waals surface area contributed by atoms with E-state index in [4.69, 9.17) is 5.73 Å². The van der Waals surface area contributed by atoms with Crippen LogP contribution in [0.5, 0.6) is 0 Å². The van der Waals surface area contributed by atoms with E-state index < -0.39 is 9.84 Å². The molecule has 1 aromatic rings. The minimum absolute atomic E-state index is 0.241. The quantitative estimate of drug-likeness (QED) is 0.788. The van der Waals surface area contributed by atoms with Crippen molar-refractivity contribution >= 4 is 9.84 Å². The van der Waals surface area contributed by atoms with Crippen molar-refractivity contribution in [3.8, 4) is 0 Å². The van der Waals surface area contributed by atoms with Crippen LogP contribution >= 0.6 is 0 Å². The molecular formula is C9H11NO2S. The molecular weight excluding hydrogens is 186 g/mol. The van der Waals surface area contributed by atoms with Crippen LogP contribution in [0.15, 0.2) is 41.1 Å². The molecule has 0 aromatic heterocycles. The molecule has 0 heterocycles. The van der Waals surface area contributed by atoms with Crippen molar-refractivity contribution in [2.75, 3.05) is 0 Å². The fourth-order valence-electron chi connectivity index (χ4n) is 0.946. The van der Waals surface area contributed by atoms with E-state index in [2.05, 4.69) is 6.58 Å². The third-order valence-electron chi connectivity index (χ3n) is 1.68. The predicted octanol–water partition coefficient (Wildman–Crippen LogP) is 1.06. The maximum Gasteiger partial charge on any atom is 0.199 e. The highest BCUT2D eigenvalue weighted by atomic mass is 32.2. The van der Waals surface area contributed by atoms with Crippen molar-refractivity contribution in [3.63, 3.8) is 0 Å². The summed E-state index contributed by atoms with van der Waals surface area (Å²) in [5.41, 5.74) is 6.18. The van der Waals surface area contributed by atoms with Gasteiger partial charge in [0.25, 0.3) is 0 Å². The van der Waals surface area contributed by atoms with E-state index in [0.717, 1.165) is 11.0 Å². The Bertz CT molecular complexity index is 409. The molecule has 0 saturated carbocycles. The van der Waals surface area contributed by atoms with Crippen LogP contribution in [0.2, 0.25) is 0 Å². The molecule has 1 aromatic carbocycles. The molecule has 0 aliphatic rings. The number of sulfone groups is 1. The van der Waals surface area contributed by atoms with Gasteiger partial charge >= 0.3 is 0 Å². The lowest BCUT2D eigenvalue weighted by molar-refractivity contribution is 0.604. The van der Waals surface area contributed by atoms with Crippen LogP contribution in [-0.4, -0.2) is 8.42 Å². The number of hydrogen-bond donors (Lipinski definition) is 1. The Morgan fingerprint density at radius 2 is 2.15 bits per heavy atom. The fourth-order valence-corrected chi connectivity index (χ4v) is 1.72. The SMILES string of the molecule is C=CS(=O)(=O)c1cccc(CN)c1. The van der Waals surface area contributed by atoms with Gasteiger partial charge in [0.2, 0.25) is 0 Å². The third-order valence-corrected chi connectivity index (χ3v) is 3.03. The zero-order valence-electron chi connectivity index (χ0n) is 7.10. The van der Waals surface area contributed by atoms with Gasteiger partial charge in [0, 0.05) is 12.0 Å². The van der Waals surface area contributed by atoms with Crippen LogP contribution in [0, 0.1) is 0 Å². The molecule has 13 heavy (non-hydrogen) atoms. The molecule has 70 valence electrons. The van der Waals surface area contributed by atoms with Gasteiger partial charge in [-0.25, -0.2) is 8.42 Å². The zero-order valence-corrected chi connectivity index (χ0v) is 7.92. The average molecular weight is 197 g/mol. The maximum atomic E-state index is 11.3. The van der Waals surface area contributed by atoms with Crippen molar-refractivity contribution in [3.05, 3.63) is 41.8 Å². The molecule has 0 unspecified atom stereocenters. The number of hydrogen-bond acceptors (Lipinski definition) is 3. The van der Waals surface area contributed by atoms with E-state index in [0.29, 0.717) is 6.54 Å². The Morgan fingerprint density at radius 3 is 2.69 bits per heavy atom. The minimum atomic E-state index is -3.32. The fraction of sp³-hybridized carbons (Fsp3) is 0.111.